The molecule has 5 aromatic rings. The van der Waals surface area contributed by atoms with E-state index in [1.807, 2.05) is 43.6 Å². The third kappa shape index (κ3) is 4.27. The van der Waals surface area contributed by atoms with E-state index in [2.05, 4.69) is 47.2 Å². The zero-order valence-electron chi connectivity index (χ0n) is 16.6. The van der Waals surface area contributed by atoms with Gasteiger partial charge in [0, 0.05) is 34.2 Å². The van der Waals surface area contributed by atoms with Gasteiger partial charge in [-0.3, -0.25) is 0 Å². The maximum Gasteiger partial charge on any atom is 0.120 e. The lowest BCUT2D eigenvalue weighted by atomic mass is 10.1. The molecule has 0 aliphatic carbocycles. The van der Waals surface area contributed by atoms with Crippen molar-refractivity contribution >= 4 is 21.8 Å². The lowest BCUT2D eigenvalue weighted by Gasteiger charge is -2.08. The molecule has 0 unspecified atom stereocenters. The number of aryl methyl sites for hydroxylation is 2. The highest BCUT2D eigenvalue weighted by Crippen LogP contribution is 2.24. The van der Waals surface area contributed by atoms with Gasteiger partial charge in [0.1, 0.15) is 18.1 Å². The van der Waals surface area contributed by atoms with Crippen LogP contribution >= 0.6 is 0 Å². The van der Waals surface area contributed by atoms with E-state index in [4.69, 9.17) is 4.74 Å². The lowest BCUT2D eigenvalue weighted by Crippen LogP contribution is -1.95. The molecule has 3 N–H and O–H groups in total. The molecule has 0 saturated heterocycles. The van der Waals surface area contributed by atoms with Gasteiger partial charge in [-0.1, -0.05) is 30.3 Å². The Morgan fingerprint density at radius 2 is 1.38 bits per heavy atom. The van der Waals surface area contributed by atoms with Crippen molar-refractivity contribution in [3.63, 3.8) is 0 Å². The first-order valence-electron chi connectivity index (χ1n) is 9.61. The summed E-state index contributed by atoms with van der Waals surface area (Å²) in [6, 6.07) is 21.9. The fourth-order valence-electron chi connectivity index (χ4n) is 3.49. The molecule has 0 saturated carbocycles. The van der Waals surface area contributed by atoms with Crippen LogP contribution in [0.4, 0.5) is 0 Å². The van der Waals surface area contributed by atoms with Crippen LogP contribution in [0.15, 0.2) is 79.1 Å². The number of ether oxygens (including phenoxy) is 1. The van der Waals surface area contributed by atoms with E-state index < -0.39 is 0 Å². The highest BCUT2D eigenvalue weighted by Gasteiger charge is 2.03. The van der Waals surface area contributed by atoms with Crippen LogP contribution in [-0.4, -0.2) is 15.1 Å². The summed E-state index contributed by atoms with van der Waals surface area (Å²) in [5, 5.41) is 11.5. The minimum absolute atomic E-state index is 0.328. The monoisotopic (exact) mass is 384 g/mol. The van der Waals surface area contributed by atoms with E-state index in [9.17, 15) is 5.11 Å². The smallest absolute Gasteiger partial charge is 0.120 e. The molecule has 0 aliphatic rings. The lowest BCUT2D eigenvalue weighted by molar-refractivity contribution is 0.306. The van der Waals surface area contributed by atoms with Crippen molar-refractivity contribution in [2.45, 2.75) is 20.5 Å². The second kappa shape index (κ2) is 8.15. The molecule has 0 bridgehead atoms. The number of benzene rings is 3. The van der Waals surface area contributed by atoms with Gasteiger partial charge in [0.25, 0.3) is 0 Å². The largest absolute Gasteiger partial charge is 0.508 e. The quantitative estimate of drug-likeness (QED) is 0.345. The van der Waals surface area contributed by atoms with Gasteiger partial charge in [-0.15, -0.1) is 0 Å². The Hall–Kier alpha value is -3.66. The van der Waals surface area contributed by atoms with Crippen molar-refractivity contribution < 1.29 is 9.84 Å². The number of hydrogen-bond donors (Lipinski definition) is 3. The molecule has 0 atom stereocenters. The molecule has 4 heteroatoms. The SMILES string of the molecule is Cc1cc(O)cc2cc[nH]c12.Cc1cc(OCc2ccccc2)cc2cc[nH]c12. The average molecular weight is 384 g/mol. The number of phenolic OH excluding ortho intramolecular Hbond substituents is 1. The van der Waals surface area contributed by atoms with Crippen molar-refractivity contribution in [2.24, 2.45) is 0 Å². The third-order valence-corrected chi connectivity index (χ3v) is 4.92. The summed E-state index contributed by atoms with van der Waals surface area (Å²) in [5.41, 5.74) is 5.75. The number of aromatic nitrogens is 2. The van der Waals surface area contributed by atoms with E-state index in [1.54, 1.807) is 12.1 Å². The molecule has 2 heterocycles. The predicted octanol–water partition coefficient (Wildman–Crippen LogP) is 6.24. The molecular weight excluding hydrogens is 360 g/mol. The molecule has 5 rings (SSSR count). The van der Waals surface area contributed by atoms with Crippen LogP contribution in [-0.2, 0) is 6.61 Å². The minimum atomic E-state index is 0.328. The van der Waals surface area contributed by atoms with Crippen LogP contribution in [0.2, 0.25) is 0 Å². The van der Waals surface area contributed by atoms with Gasteiger partial charge in [-0.25, -0.2) is 0 Å². The highest BCUT2D eigenvalue weighted by molar-refractivity contribution is 5.84. The number of hydrogen-bond acceptors (Lipinski definition) is 2. The zero-order chi connectivity index (χ0) is 20.2. The molecule has 2 aromatic heterocycles. The summed E-state index contributed by atoms with van der Waals surface area (Å²) in [5.74, 6) is 1.25. The predicted molar refractivity (Wildman–Crippen MR) is 119 cm³/mol. The minimum Gasteiger partial charge on any atom is -0.508 e. The molecule has 0 amide bonds. The first-order chi connectivity index (χ1) is 14.1. The highest BCUT2D eigenvalue weighted by atomic mass is 16.5. The first kappa shape index (κ1) is 18.7. The number of aromatic amines is 2. The van der Waals surface area contributed by atoms with Crippen LogP contribution < -0.4 is 4.74 Å². The Kier molecular flexibility index (Phi) is 5.25. The molecule has 29 heavy (non-hydrogen) atoms. The van der Waals surface area contributed by atoms with E-state index in [-0.39, 0.29) is 0 Å². The molecule has 0 radical (unpaired) electrons. The van der Waals surface area contributed by atoms with Gasteiger partial charge in [-0.05, 0) is 66.9 Å². The van der Waals surface area contributed by atoms with Gasteiger partial charge < -0.3 is 19.8 Å². The Morgan fingerprint density at radius 1 is 0.759 bits per heavy atom. The fraction of sp³-hybridized carbons (Fsp3) is 0.120. The zero-order valence-corrected chi connectivity index (χ0v) is 16.6. The van der Waals surface area contributed by atoms with Crippen LogP contribution in [0.25, 0.3) is 21.8 Å². The van der Waals surface area contributed by atoms with E-state index in [0.29, 0.717) is 12.4 Å². The fourth-order valence-corrected chi connectivity index (χ4v) is 3.49. The van der Waals surface area contributed by atoms with Gasteiger partial charge in [0.2, 0.25) is 0 Å². The third-order valence-electron chi connectivity index (χ3n) is 4.92. The maximum absolute atomic E-state index is 9.22. The Labute approximate surface area is 169 Å². The number of phenols is 1. The normalized spacial score (nSPS) is 10.7. The van der Waals surface area contributed by atoms with Crippen molar-refractivity contribution in [1.29, 1.82) is 0 Å². The summed E-state index contributed by atoms with van der Waals surface area (Å²) in [6.07, 6.45) is 3.83. The first-order valence-corrected chi connectivity index (χ1v) is 9.61. The van der Waals surface area contributed by atoms with Crippen molar-refractivity contribution in [2.75, 3.05) is 0 Å². The Balaban J connectivity index is 0.000000159. The van der Waals surface area contributed by atoms with Crippen LogP contribution in [0, 0.1) is 13.8 Å². The van der Waals surface area contributed by atoms with Crippen molar-refractivity contribution in [3.8, 4) is 11.5 Å². The standard InChI is InChI=1S/C16H15NO.C9H9NO/c1-12-9-15(10-14-7-8-17-16(12)14)18-11-13-5-3-2-4-6-13;1-6-4-8(11)5-7-2-3-10-9(6)7/h2-10,17H,11H2,1H3;2-5,10-11H,1H3. The Bertz CT molecular complexity index is 1240. The molecular formula is C25H24N2O2. The van der Waals surface area contributed by atoms with E-state index in [1.165, 1.54) is 22.0 Å². The molecule has 0 spiro atoms. The number of aromatic hydroxyl groups is 1. The maximum atomic E-state index is 9.22. The number of fused-ring (bicyclic) bond motifs is 2. The molecule has 4 nitrogen and oxygen atoms in total. The van der Waals surface area contributed by atoms with Crippen LogP contribution in [0.3, 0.4) is 0 Å². The summed E-state index contributed by atoms with van der Waals surface area (Å²) < 4.78 is 5.84. The molecule has 0 fully saturated rings. The average Bonchev–Trinajstić information content (AvgIpc) is 3.37. The van der Waals surface area contributed by atoms with Crippen LogP contribution in [0.1, 0.15) is 16.7 Å². The molecule has 146 valence electrons. The van der Waals surface area contributed by atoms with Crippen molar-refractivity contribution in [3.05, 3.63) is 95.8 Å². The topological polar surface area (TPSA) is 61.0 Å². The molecule has 3 aromatic carbocycles. The van der Waals surface area contributed by atoms with Gasteiger partial charge >= 0.3 is 0 Å². The molecule has 0 aliphatic heterocycles. The van der Waals surface area contributed by atoms with Crippen molar-refractivity contribution in [1.82, 2.24) is 9.97 Å². The van der Waals surface area contributed by atoms with E-state index >= 15 is 0 Å². The van der Waals surface area contributed by atoms with Gasteiger partial charge in [0.05, 0.1) is 0 Å². The number of H-pyrrole nitrogens is 2. The van der Waals surface area contributed by atoms with Crippen LogP contribution in [0.5, 0.6) is 11.5 Å². The summed E-state index contributed by atoms with van der Waals surface area (Å²) >= 11 is 0. The number of rotatable bonds is 3. The number of nitrogens with one attached hydrogen (secondary N) is 2. The second-order valence-corrected chi connectivity index (χ2v) is 7.16. The summed E-state index contributed by atoms with van der Waals surface area (Å²) in [7, 11) is 0. The van der Waals surface area contributed by atoms with Gasteiger partial charge in [-0.2, -0.15) is 0 Å². The second-order valence-electron chi connectivity index (χ2n) is 7.16. The summed E-state index contributed by atoms with van der Waals surface area (Å²) in [4.78, 5) is 6.34. The Morgan fingerprint density at radius 3 is 2.07 bits per heavy atom. The van der Waals surface area contributed by atoms with E-state index in [0.717, 1.165) is 22.2 Å². The van der Waals surface area contributed by atoms with Gasteiger partial charge in [0.15, 0.2) is 0 Å². The summed E-state index contributed by atoms with van der Waals surface area (Å²) in [6.45, 7) is 4.67.